The predicted molar refractivity (Wildman–Crippen MR) is 62.9 cm³/mol. The van der Waals surface area contributed by atoms with Crippen molar-refractivity contribution in [3.05, 3.63) is 24.2 Å². The van der Waals surface area contributed by atoms with E-state index < -0.39 is 0 Å². The van der Waals surface area contributed by atoms with Crippen molar-refractivity contribution in [2.45, 2.75) is 12.3 Å². The molecule has 0 bridgehead atoms. The molecule has 0 spiro atoms. The van der Waals surface area contributed by atoms with E-state index >= 15 is 0 Å². The standard InChI is InChI=1S/C12H18N2O3/c1-16-8-5-13-12(15)14-6-4-10(9-14)11-3-2-7-17-11/h2-3,7,10H,4-6,8-9H2,1H3,(H,13,15). The first-order valence-corrected chi connectivity index (χ1v) is 5.86. The normalized spacial score (nSPS) is 19.6. The van der Waals surface area contributed by atoms with E-state index in [4.69, 9.17) is 9.15 Å². The van der Waals surface area contributed by atoms with Crippen LogP contribution in [0.3, 0.4) is 0 Å². The maximum atomic E-state index is 11.8. The summed E-state index contributed by atoms with van der Waals surface area (Å²) in [6.45, 7) is 2.61. The van der Waals surface area contributed by atoms with Gasteiger partial charge in [-0.05, 0) is 18.6 Å². The Morgan fingerprint density at radius 3 is 3.29 bits per heavy atom. The van der Waals surface area contributed by atoms with Crippen LogP contribution in [0.1, 0.15) is 18.1 Å². The van der Waals surface area contributed by atoms with Crippen molar-refractivity contribution in [3.63, 3.8) is 0 Å². The number of amides is 2. The molecule has 0 radical (unpaired) electrons. The molecular formula is C12H18N2O3. The molecule has 17 heavy (non-hydrogen) atoms. The van der Waals surface area contributed by atoms with Crippen molar-refractivity contribution >= 4 is 6.03 Å². The Hall–Kier alpha value is -1.49. The third-order valence-corrected chi connectivity index (χ3v) is 3.00. The highest BCUT2D eigenvalue weighted by molar-refractivity contribution is 5.74. The van der Waals surface area contributed by atoms with Gasteiger partial charge < -0.3 is 19.4 Å². The third kappa shape index (κ3) is 3.00. The number of hydrogen-bond acceptors (Lipinski definition) is 3. The number of likely N-dealkylation sites (tertiary alicyclic amines) is 1. The summed E-state index contributed by atoms with van der Waals surface area (Å²) in [7, 11) is 1.62. The Kier molecular flexibility index (Phi) is 4.03. The summed E-state index contributed by atoms with van der Waals surface area (Å²) >= 11 is 0. The summed E-state index contributed by atoms with van der Waals surface area (Å²) in [6.07, 6.45) is 2.64. The lowest BCUT2D eigenvalue weighted by atomic mass is 10.1. The average Bonchev–Trinajstić information content (AvgIpc) is 3.00. The molecule has 1 saturated heterocycles. The Bertz CT molecular complexity index is 351. The topological polar surface area (TPSA) is 54.7 Å². The van der Waals surface area contributed by atoms with Gasteiger partial charge in [-0.2, -0.15) is 0 Å². The monoisotopic (exact) mass is 238 g/mol. The number of nitrogens with one attached hydrogen (secondary N) is 1. The van der Waals surface area contributed by atoms with E-state index in [1.165, 1.54) is 0 Å². The summed E-state index contributed by atoms with van der Waals surface area (Å²) < 4.78 is 10.3. The van der Waals surface area contributed by atoms with Gasteiger partial charge in [-0.25, -0.2) is 4.79 Å². The molecule has 0 saturated carbocycles. The van der Waals surface area contributed by atoms with Crippen LogP contribution in [-0.4, -0.2) is 44.3 Å². The van der Waals surface area contributed by atoms with Gasteiger partial charge in [0.25, 0.3) is 0 Å². The number of methoxy groups -OCH3 is 1. The quantitative estimate of drug-likeness (QED) is 0.807. The first kappa shape index (κ1) is 12.0. The molecule has 0 aliphatic carbocycles. The van der Waals surface area contributed by atoms with Crippen molar-refractivity contribution in [2.75, 3.05) is 33.4 Å². The van der Waals surface area contributed by atoms with Crippen LogP contribution >= 0.6 is 0 Å². The van der Waals surface area contributed by atoms with Gasteiger partial charge in [0.15, 0.2) is 0 Å². The summed E-state index contributed by atoms with van der Waals surface area (Å²) in [5.74, 6) is 1.30. The minimum absolute atomic E-state index is 0.0175. The van der Waals surface area contributed by atoms with Gasteiger partial charge >= 0.3 is 6.03 Å². The molecule has 1 unspecified atom stereocenters. The van der Waals surface area contributed by atoms with Crippen LogP contribution in [0, 0.1) is 0 Å². The molecule has 1 aliphatic heterocycles. The van der Waals surface area contributed by atoms with Crippen molar-refractivity contribution < 1.29 is 13.9 Å². The molecule has 1 aromatic heterocycles. The van der Waals surface area contributed by atoms with Gasteiger partial charge in [0.05, 0.1) is 12.9 Å². The fourth-order valence-corrected chi connectivity index (χ4v) is 2.07. The molecule has 1 N–H and O–H groups in total. The number of nitrogens with zero attached hydrogens (tertiary/aromatic N) is 1. The van der Waals surface area contributed by atoms with Gasteiger partial charge in [0.1, 0.15) is 5.76 Å². The lowest BCUT2D eigenvalue weighted by Crippen LogP contribution is -2.39. The Balaban J connectivity index is 1.79. The van der Waals surface area contributed by atoms with Crippen LogP contribution < -0.4 is 5.32 Å². The largest absolute Gasteiger partial charge is 0.469 e. The lowest BCUT2D eigenvalue weighted by molar-refractivity contribution is 0.184. The predicted octanol–water partition coefficient (Wildman–Crippen LogP) is 1.42. The Morgan fingerprint density at radius 1 is 1.71 bits per heavy atom. The summed E-state index contributed by atoms with van der Waals surface area (Å²) in [5, 5.41) is 2.82. The highest BCUT2D eigenvalue weighted by atomic mass is 16.5. The lowest BCUT2D eigenvalue weighted by Gasteiger charge is -2.16. The van der Waals surface area contributed by atoms with E-state index in [9.17, 15) is 4.79 Å². The zero-order chi connectivity index (χ0) is 12.1. The van der Waals surface area contributed by atoms with Crippen LogP contribution in [0.25, 0.3) is 0 Å². The second-order valence-electron chi connectivity index (χ2n) is 4.17. The van der Waals surface area contributed by atoms with Crippen molar-refractivity contribution in [1.29, 1.82) is 0 Å². The SMILES string of the molecule is COCCNC(=O)N1CCC(c2ccco2)C1. The second-order valence-corrected chi connectivity index (χ2v) is 4.17. The number of hydrogen-bond donors (Lipinski definition) is 1. The maximum absolute atomic E-state index is 11.8. The van der Waals surface area contributed by atoms with E-state index in [0.717, 1.165) is 25.3 Å². The number of carbonyl (C=O) groups is 1. The van der Waals surface area contributed by atoms with Gasteiger partial charge in [-0.3, -0.25) is 0 Å². The molecule has 1 aliphatic rings. The molecule has 0 aromatic carbocycles. The van der Waals surface area contributed by atoms with Crippen LogP contribution in [-0.2, 0) is 4.74 Å². The highest BCUT2D eigenvalue weighted by Gasteiger charge is 2.28. The van der Waals surface area contributed by atoms with Gasteiger partial charge in [-0.15, -0.1) is 0 Å². The first-order valence-electron chi connectivity index (χ1n) is 5.86. The number of furan rings is 1. The van der Waals surface area contributed by atoms with Gasteiger partial charge in [0.2, 0.25) is 0 Å². The molecule has 1 fully saturated rings. The zero-order valence-electron chi connectivity index (χ0n) is 10.0. The Morgan fingerprint density at radius 2 is 2.59 bits per heavy atom. The summed E-state index contributed by atoms with van der Waals surface area (Å²) in [4.78, 5) is 13.6. The third-order valence-electron chi connectivity index (χ3n) is 3.00. The zero-order valence-corrected chi connectivity index (χ0v) is 10.0. The molecule has 5 nitrogen and oxygen atoms in total. The summed E-state index contributed by atoms with van der Waals surface area (Å²) in [5.41, 5.74) is 0. The number of urea groups is 1. The fraction of sp³-hybridized carbons (Fsp3) is 0.583. The average molecular weight is 238 g/mol. The first-order chi connectivity index (χ1) is 8.31. The molecule has 94 valence electrons. The van der Waals surface area contributed by atoms with E-state index in [0.29, 0.717) is 19.1 Å². The van der Waals surface area contributed by atoms with Gasteiger partial charge in [-0.1, -0.05) is 0 Å². The van der Waals surface area contributed by atoms with Crippen LogP contribution in [0.4, 0.5) is 4.79 Å². The highest BCUT2D eigenvalue weighted by Crippen LogP contribution is 2.27. The number of carbonyl (C=O) groups excluding carboxylic acids is 1. The van der Waals surface area contributed by atoms with Crippen molar-refractivity contribution in [1.82, 2.24) is 10.2 Å². The molecule has 2 heterocycles. The molecular weight excluding hydrogens is 220 g/mol. The molecule has 5 heteroatoms. The smallest absolute Gasteiger partial charge is 0.317 e. The Labute approximate surface area is 101 Å². The van der Waals surface area contributed by atoms with E-state index in [1.807, 2.05) is 17.0 Å². The molecule has 1 atom stereocenters. The van der Waals surface area contributed by atoms with E-state index in [2.05, 4.69) is 5.32 Å². The molecule has 1 aromatic rings. The van der Waals surface area contributed by atoms with Crippen LogP contribution in [0.15, 0.2) is 22.8 Å². The van der Waals surface area contributed by atoms with Crippen molar-refractivity contribution in [2.24, 2.45) is 0 Å². The van der Waals surface area contributed by atoms with E-state index in [1.54, 1.807) is 13.4 Å². The van der Waals surface area contributed by atoms with E-state index in [-0.39, 0.29) is 6.03 Å². The minimum Gasteiger partial charge on any atom is -0.469 e. The molecule has 2 rings (SSSR count). The van der Waals surface area contributed by atoms with Crippen LogP contribution in [0.5, 0.6) is 0 Å². The second kappa shape index (κ2) is 5.72. The van der Waals surface area contributed by atoms with Crippen molar-refractivity contribution in [3.8, 4) is 0 Å². The maximum Gasteiger partial charge on any atom is 0.317 e. The number of ether oxygens (including phenoxy) is 1. The summed E-state index contributed by atoms with van der Waals surface area (Å²) in [6, 6.07) is 3.84. The molecule has 2 amide bonds. The van der Waals surface area contributed by atoms with Crippen LogP contribution in [0.2, 0.25) is 0 Å². The number of rotatable bonds is 4. The van der Waals surface area contributed by atoms with Gasteiger partial charge in [0, 0.05) is 32.7 Å². The minimum atomic E-state index is -0.0175. The fourth-order valence-electron chi connectivity index (χ4n) is 2.07.